The van der Waals surface area contributed by atoms with Crippen LogP contribution in [0.1, 0.15) is 75.7 Å². The number of amides is 1. The zero-order chi connectivity index (χ0) is 32.3. The van der Waals surface area contributed by atoms with Crippen molar-refractivity contribution in [2.45, 2.75) is 89.2 Å². The molecule has 0 radical (unpaired) electrons. The first-order valence-corrected chi connectivity index (χ1v) is 17.4. The summed E-state index contributed by atoms with van der Waals surface area (Å²) >= 11 is 5.76. The molecule has 3 rings (SSSR count). The molecular weight excluding hydrogens is 598 g/mol. The number of β-amino-alcohol motifs (C(OH)–C–C–N with tert-alkyl or cyclic N) is 1. The molecule has 9 nitrogen and oxygen atoms in total. The number of aliphatic hydroxyl groups is 1. The number of pyridine rings is 1. The zero-order valence-corrected chi connectivity index (χ0v) is 28.1. The van der Waals surface area contributed by atoms with Gasteiger partial charge in [-0.2, -0.15) is 0 Å². The Morgan fingerprint density at radius 1 is 1.20 bits per heavy atom. The molecule has 2 aromatic rings. The summed E-state index contributed by atoms with van der Waals surface area (Å²) in [7, 11) is -2.22. The predicted octanol–water partition coefficient (Wildman–Crippen LogP) is 4.56. The first-order valence-electron chi connectivity index (χ1n) is 15.4. The number of hydrogen-bond acceptors (Lipinski definition) is 7. The number of alkyl halides is 1. The summed E-state index contributed by atoms with van der Waals surface area (Å²) in [5, 5.41) is 20.3. The molecule has 0 spiro atoms. The van der Waals surface area contributed by atoms with Crippen LogP contribution in [-0.4, -0.2) is 73.4 Å². The van der Waals surface area contributed by atoms with E-state index in [9.17, 15) is 18.3 Å². The summed E-state index contributed by atoms with van der Waals surface area (Å²) in [6, 6.07) is 12.4. The number of aliphatic hydroxyl groups excluding tert-OH is 1. The highest BCUT2D eigenvalue weighted by atomic mass is 35.5. The van der Waals surface area contributed by atoms with Crippen molar-refractivity contribution < 1.29 is 18.3 Å². The number of benzene rings is 1. The maximum atomic E-state index is 13.7. The number of unbranched alkanes of at least 4 members (excludes halogenated alkanes) is 1. The molecule has 44 heavy (non-hydrogen) atoms. The van der Waals surface area contributed by atoms with Crippen LogP contribution in [0.3, 0.4) is 0 Å². The normalized spacial score (nSPS) is 14.8. The smallest absolute Gasteiger partial charge is 0.251 e. The fourth-order valence-electron chi connectivity index (χ4n) is 4.48. The summed E-state index contributed by atoms with van der Waals surface area (Å²) in [6.45, 7) is 8.01. The molecule has 1 fully saturated rings. The second kappa shape index (κ2) is 16.5. The Labute approximate surface area is 268 Å². The van der Waals surface area contributed by atoms with Crippen LogP contribution in [0.15, 0.2) is 42.5 Å². The minimum Gasteiger partial charge on any atom is -0.390 e. The van der Waals surface area contributed by atoms with Gasteiger partial charge in [0.25, 0.3) is 5.91 Å². The average molecular weight is 646 g/mol. The van der Waals surface area contributed by atoms with Crippen molar-refractivity contribution >= 4 is 39.2 Å². The molecule has 0 saturated heterocycles. The third kappa shape index (κ3) is 11.3. The van der Waals surface area contributed by atoms with E-state index in [2.05, 4.69) is 32.8 Å². The number of rotatable bonds is 17. The molecule has 1 amide bonds. The van der Waals surface area contributed by atoms with Crippen molar-refractivity contribution in [1.82, 2.24) is 15.6 Å². The first-order chi connectivity index (χ1) is 20.8. The minimum atomic E-state index is -3.67. The molecule has 1 aliphatic carbocycles. The van der Waals surface area contributed by atoms with Crippen molar-refractivity contribution in [3.63, 3.8) is 0 Å². The number of sulfonamides is 1. The highest BCUT2D eigenvalue weighted by molar-refractivity contribution is 7.93. The Morgan fingerprint density at radius 2 is 1.91 bits per heavy atom. The van der Waals surface area contributed by atoms with Crippen LogP contribution in [0.4, 0.5) is 11.6 Å². The third-order valence-corrected chi connectivity index (χ3v) is 10.0. The van der Waals surface area contributed by atoms with E-state index in [0.29, 0.717) is 43.4 Å². The van der Waals surface area contributed by atoms with Gasteiger partial charge in [-0.05, 0) is 83.4 Å². The van der Waals surface area contributed by atoms with Crippen LogP contribution < -0.4 is 20.3 Å². The molecule has 1 heterocycles. The monoisotopic (exact) mass is 645 g/mol. The summed E-state index contributed by atoms with van der Waals surface area (Å²) in [4.78, 5) is 18.3. The Balaban J connectivity index is 1.83. The van der Waals surface area contributed by atoms with Gasteiger partial charge in [0.15, 0.2) is 0 Å². The van der Waals surface area contributed by atoms with E-state index in [-0.39, 0.29) is 17.9 Å². The summed E-state index contributed by atoms with van der Waals surface area (Å²) < 4.78 is 27.0. The predicted molar refractivity (Wildman–Crippen MR) is 180 cm³/mol. The van der Waals surface area contributed by atoms with E-state index in [0.717, 1.165) is 29.1 Å². The van der Waals surface area contributed by atoms with Gasteiger partial charge in [0.1, 0.15) is 11.6 Å². The molecular formula is C33H48ClN5O4S. The van der Waals surface area contributed by atoms with Gasteiger partial charge >= 0.3 is 0 Å². The maximum absolute atomic E-state index is 13.7. The molecule has 2 unspecified atom stereocenters. The summed E-state index contributed by atoms with van der Waals surface area (Å²) in [5.74, 6) is 7.60. The second-order valence-electron chi connectivity index (χ2n) is 12.3. The topological polar surface area (TPSA) is 124 Å². The van der Waals surface area contributed by atoms with Gasteiger partial charge in [0.05, 0.1) is 22.9 Å². The molecule has 242 valence electrons. The first kappa shape index (κ1) is 35.6. The lowest BCUT2D eigenvalue weighted by Gasteiger charge is -2.28. The largest absolute Gasteiger partial charge is 0.390 e. The lowest BCUT2D eigenvalue weighted by Crippen LogP contribution is -2.51. The lowest BCUT2D eigenvalue weighted by atomic mass is 9.99. The highest BCUT2D eigenvalue weighted by Gasteiger charge is 2.28. The highest BCUT2D eigenvalue weighted by Crippen LogP contribution is 2.29. The van der Waals surface area contributed by atoms with Crippen LogP contribution in [0, 0.1) is 17.8 Å². The molecule has 4 N–H and O–H groups in total. The Bertz CT molecular complexity index is 1390. The molecule has 0 aliphatic heterocycles. The van der Waals surface area contributed by atoms with Crippen molar-refractivity contribution in [2.24, 2.45) is 5.92 Å². The number of anilines is 2. The molecule has 1 aromatic heterocycles. The second-order valence-corrected chi connectivity index (χ2v) is 15.2. The zero-order valence-electron chi connectivity index (χ0n) is 26.6. The number of aromatic nitrogens is 1. The number of nitrogens with zero attached hydrogens (tertiary/aromatic N) is 2. The SMILES string of the molecule is CC(C)S(=O)(=O)N(C)c1cc(C(=O)NC(CCc2ccccc2)C(O)CNC(C)(C)C#CCCCCl)cc(NCC2CC2)n1. The van der Waals surface area contributed by atoms with Gasteiger partial charge in [-0.1, -0.05) is 36.3 Å². The Morgan fingerprint density at radius 3 is 2.55 bits per heavy atom. The Hall–Kier alpha value is -2.84. The van der Waals surface area contributed by atoms with Crippen molar-refractivity contribution in [2.75, 3.05) is 35.6 Å². The molecule has 2 atom stereocenters. The lowest BCUT2D eigenvalue weighted by molar-refractivity contribution is 0.0809. The number of aryl methyl sites for hydroxylation is 1. The van der Waals surface area contributed by atoms with Gasteiger partial charge in [-0.25, -0.2) is 13.4 Å². The molecule has 1 saturated carbocycles. The summed E-state index contributed by atoms with van der Waals surface area (Å²) in [6.07, 6.45) is 4.01. The number of carbonyl (C=O) groups is 1. The molecule has 1 aromatic carbocycles. The van der Waals surface area contributed by atoms with Gasteiger partial charge in [-0.3, -0.25) is 14.4 Å². The van der Waals surface area contributed by atoms with E-state index in [1.54, 1.807) is 19.9 Å². The third-order valence-electron chi connectivity index (χ3n) is 7.60. The number of hydrogen-bond donors (Lipinski definition) is 4. The van der Waals surface area contributed by atoms with Gasteiger partial charge < -0.3 is 15.7 Å². The van der Waals surface area contributed by atoms with Crippen LogP contribution in [-0.2, 0) is 16.4 Å². The summed E-state index contributed by atoms with van der Waals surface area (Å²) in [5.41, 5.74) is 0.806. The van der Waals surface area contributed by atoms with Crippen molar-refractivity contribution in [1.29, 1.82) is 0 Å². The van der Waals surface area contributed by atoms with E-state index >= 15 is 0 Å². The number of halogens is 1. The van der Waals surface area contributed by atoms with Crippen LogP contribution in [0.2, 0.25) is 0 Å². The fraction of sp³-hybridized carbons (Fsp3) is 0.576. The van der Waals surface area contributed by atoms with Gasteiger partial charge in [0, 0.05) is 38.0 Å². The van der Waals surface area contributed by atoms with E-state index < -0.39 is 38.9 Å². The van der Waals surface area contributed by atoms with Crippen LogP contribution >= 0.6 is 11.6 Å². The standard InChI is InChI=1S/C33H48ClN5O4S/c1-24(2)44(42,43)39(5)31-21-27(20-30(38-31)35-22-26-14-15-26)32(41)37-28(17-16-25-12-8-6-9-13-25)29(40)23-36-33(3,4)18-10-7-11-19-34/h6,8-9,12-13,20-21,24,26,28-29,36,40H,7,11,14-17,19,22-23H2,1-5H3,(H,35,38)(H,37,41). The molecule has 1 aliphatic rings. The van der Waals surface area contributed by atoms with Gasteiger partial charge in [-0.15, -0.1) is 17.5 Å². The van der Waals surface area contributed by atoms with Crippen LogP contribution in [0.5, 0.6) is 0 Å². The molecule has 0 bridgehead atoms. The van der Waals surface area contributed by atoms with Gasteiger partial charge in [0.2, 0.25) is 10.0 Å². The fourth-order valence-corrected chi connectivity index (χ4v) is 5.60. The van der Waals surface area contributed by atoms with Crippen LogP contribution in [0.25, 0.3) is 0 Å². The van der Waals surface area contributed by atoms with E-state index in [1.807, 2.05) is 44.2 Å². The quantitative estimate of drug-likeness (QED) is 0.113. The minimum absolute atomic E-state index is 0.155. The number of carbonyl (C=O) groups excluding carboxylic acids is 1. The van der Waals surface area contributed by atoms with Crippen molar-refractivity contribution in [3.8, 4) is 11.8 Å². The van der Waals surface area contributed by atoms with E-state index in [1.165, 1.54) is 13.1 Å². The van der Waals surface area contributed by atoms with Crippen molar-refractivity contribution in [3.05, 3.63) is 53.6 Å². The average Bonchev–Trinajstić information content (AvgIpc) is 3.83. The maximum Gasteiger partial charge on any atom is 0.251 e. The molecule has 11 heteroatoms. The van der Waals surface area contributed by atoms with E-state index in [4.69, 9.17) is 11.6 Å². The Kier molecular flexibility index (Phi) is 13.3. The number of nitrogens with one attached hydrogen (secondary N) is 3.